The number of rotatable bonds is 4. The summed E-state index contributed by atoms with van der Waals surface area (Å²) < 4.78 is 19.4. The third kappa shape index (κ3) is 3.47. The first-order chi connectivity index (χ1) is 18.6. The van der Waals surface area contributed by atoms with Crippen LogP contribution in [0.1, 0.15) is 22.6 Å². The molecule has 38 heavy (non-hydrogen) atoms. The van der Waals surface area contributed by atoms with Gasteiger partial charge in [0.05, 0.1) is 19.8 Å². The van der Waals surface area contributed by atoms with Crippen LogP contribution in [0.25, 0.3) is 27.8 Å². The Bertz CT molecular complexity index is 1850. The maximum atomic E-state index is 6.52. The fraction of sp³-hybridized carbons (Fsp3) is 0.100. The van der Waals surface area contributed by atoms with E-state index in [-0.39, 0.29) is 5.92 Å². The van der Waals surface area contributed by atoms with Gasteiger partial charge in [0.25, 0.3) is 0 Å². The van der Waals surface area contributed by atoms with Gasteiger partial charge in [0.2, 0.25) is 5.88 Å². The standard InChI is InChI=1S/C30H21ClN4O3/c1-36-23-14-10-19(15-24(23)37-2)25-22-13-9-17-5-3-4-6-21(17)27(22)38-30-26(25)29-33-28(34-35(29)16-32-30)18-7-11-20(31)12-8-18/h3-16,25H,1-2H3/t25-/m0/s1. The number of fused-ring (bicyclic) bond motifs is 6. The molecule has 0 bridgehead atoms. The molecule has 0 saturated heterocycles. The van der Waals surface area contributed by atoms with E-state index in [1.165, 1.54) is 0 Å². The van der Waals surface area contributed by atoms with Gasteiger partial charge in [0.1, 0.15) is 12.1 Å². The topological polar surface area (TPSA) is 70.8 Å². The summed E-state index contributed by atoms with van der Waals surface area (Å²) in [6.07, 6.45) is 1.64. The fourth-order valence-electron chi connectivity index (χ4n) is 5.15. The average Bonchev–Trinajstić information content (AvgIpc) is 3.40. The summed E-state index contributed by atoms with van der Waals surface area (Å²) in [5.74, 6) is 2.92. The van der Waals surface area contributed by atoms with Gasteiger partial charge in [-0.15, -0.1) is 5.10 Å². The molecule has 0 amide bonds. The van der Waals surface area contributed by atoms with Crippen molar-refractivity contribution in [1.29, 1.82) is 0 Å². The van der Waals surface area contributed by atoms with E-state index in [2.05, 4.69) is 29.2 Å². The van der Waals surface area contributed by atoms with E-state index in [1.54, 1.807) is 25.1 Å². The molecule has 1 atom stereocenters. The number of benzene rings is 4. The van der Waals surface area contributed by atoms with Gasteiger partial charge >= 0.3 is 0 Å². The molecule has 3 heterocycles. The molecular formula is C30H21ClN4O3. The largest absolute Gasteiger partial charge is 0.493 e. The predicted octanol–water partition coefficient (Wildman–Crippen LogP) is 6.90. The molecule has 4 aromatic carbocycles. The molecule has 1 aliphatic heterocycles. The molecule has 0 N–H and O–H groups in total. The van der Waals surface area contributed by atoms with Crippen molar-refractivity contribution in [2.75, 3.05) is 14.2 Å². The number of nitrogens with zero attached hydrogens (tertiary/aromatic N) is 4. The van der Waals surface area contributed by atoms with Crippen molar-refractivity contribution in [3.05, 3.63) is 107 Å². The summed E-state index contributed by atoms with van der Waals surface area (Å²) in [7, 11) is 3.27. The van der Waals surface area contributed by atoms with Crippen molar-refractivity contribution < 1.29 is 14.2 Å². The average molecular weight is 521 g/mol. The van der Waals surface area contributed by atoms with Gasteiger partial charge in [-0.3, -0.25) is 0 Å². The zero-order valence-corrected chi connectivity index (χ0v) is 21.3. The van der Waals surface area contributed by atoms with E-state index < -0.39 is 0 Å². The molecule has 186 valence electrons. The molecule has 0 spiro atoms. The van der Waals surface area contributed by atoms with Crippen LogP contribution in [0.2, 0.25) is 5.02 Å². The van der Waals surface area contributed by atoms with Crippen LogP contribution < -0.4 is 14.2 Å². The highest BCUT2D eigenvalue weighted by molar-refractivity contribution is 6.30. The third-order valence-electron chi connectivity index (χ3n) is 6.94. The van der Waals surface area contributed by atoms with Gasteiger partial charge in [-0.2, -0.15) is 0 Å². The Balaban J connectivity index is 1.50. The first-order valence-corrected chi connectivity index (χ1v) is 12.4. The zero-order valence-electron chi connectivity index (χ0n) is 20.6. The first-order valence-electron chi connectivity index (χ1n) is 12.1. The molecule has 0 fully saturated rings. The number of hydrogen-bond donors (Lipinski definition) is 0. The Morgan fingerprint density at radius 1 is 0.895 bits per heavy atom. The number of halogens is 1. The minimum Gasteiger partial charge on any atom is -0.493 e. The molecule has 2 aromatic heterocycles. The van der Waals surface area contributed by atoms with Gasteiger partial charge in [-0.1, -0.05) is 54.1 Å². The summed E-state index contributed by atoms with van der Waals surface area (Å²) in [5, 5.41) is 7.48. The maximum absolute atomic E-state index is 6.52. The second-order valence-corrected chi connectivity index (χ2v) is 9.46. The van der Waals surface area contributed by atoms with Gasteiger partial charge in [0.15, 0.2) is 23.0 Å². The first kappa shape index (κ1) is 22.6. The van der Waals surface area contributed by atoms with Crippen molar-refractivity contribution in [3.8, 4) is 34.5 Å². The lowest BCUT2D eigenvalue weighted by Crippen LogP contribution is -2.15. The zero-order chi connectivity index (χ0) is 25.8. The third-order valence-corrected chi connectivity index (χ3v) is 7.19. The lowest BCUT2D eigenvalue weighted by molar-refractivity contribution is 0.354. The van der Waals surface area contributed by atoms with Crippen molar-refractivity contribution in [2.24, 2.45) is 0 Å². The van der Waals surface area contributed by atoms with E-state index in [9.17, 15) is 0 Å². The van der Waals surface area contributed by atoms with E-state index in [1.807, 2.05) is 54.6 Å². The van der Waals surface area contributed by atoms with Crippen LogP contribution in [0.4, 0.5) is 0 Å². The molecule has 0 unspecified atom stereocenters. The Morgan fingerprint density at radius 2 is 1.71 bits per heavy atom. The smallest absolute Gasteiger partial charge is 0.228 e. The molecule has 7 nitrogen and oxygen atoms in total. The molecule has 0 aliphatic carbocycles. The van der Waals surface area contributed by atoms with Gasteiger partial charge < -0.3 is 14.2 Å². The minimum atomic E-state index is -0.239. The lowest BCUT2D eigenvalue weighted by atomic mass is 9.82. The summed E-state index contributed by atoms with van der Waals surface area (Å²) in [6, 6.07) is 25.8. The molecule has 7 rings (SSSR count). The van der Waals surface area contributed by atoms with Gasteiger partial charge in [-0.25, -0.2) is 14.5 Å². The van der Waals surface area contributed by atoms with E-state index >= 15 is 0 Å². The second kappa shape index (κ2) is 8.75. The number of methoxy groups -OCH3 is 2. The maximum Gasteiger partial charge on any atom is 0.228 e. The summed E-state index contributed by atoms with van der Waals surface area (Å²) in [5.41, 5.74) is 4.36. The predicted molar refractivity (Wildman–Crippen MR) is 146 cm³/mol. The Morgan fingerprint density at radius 3 is 2.53 bits per heavy atom. The highest BCUT2D eigenvalue weighted by Crippen LogP contribution is 2.51. The highest BCUT2D eigenvalue weighted by atomic mass is 35.5. The number of hydrogen-bond acceptors (Lipinski definition) is 6. The van der Waals surface area contributed by atoms with Crippen LogP contribution >= 0.6 is 11.6 Å². The number of aromatic nitrogens is 4. The molecular weight excluding hydrogens is 500 g/mol. The molecule has 6 aromatic rings. The van der Waals surface area contributed by atoms with Gasteiger partial charge in [0, 0.05) is 27.5 Å². The van der Waals surface area contributed by atoms with Crippen molar-refractivity contribution in [1.82, 2.24) is 19.6 Å². The highest BCUT2D eigenvalue weighted by Gasteiger charge is 2.34. The van der Waals surface area contributed by atoms with Crippen LogP contribution in [0.5, 0.6) is 23.1 Å². The Kier molecular flexibility index (Phi) is 5.19. The fourth-order valence-corrected chi connectivity index (χ4v) is 5.27. The van der Waals surface area contributed by atoms with Crippen molar-refractivity contribution in [3.63, 3.8) is 0 Å². The van der Waals surface area contributed by atoms with Crippen LogP contribution in [-0.4, -0.2) is 33.8 Å². The normalized spacial score (nSPS) is 14.1. The molecule has 0 radical (unpaired) electrons. The Hall–Kier alpha value is -4.62. The summed E-state index contributed by atoms with van der Waals surface area (Å²) in [4.78, 5) is 9.63. The monoisotopic (exact) mass is 520 g/mol. The van der Waals surface area contributed by atoms with Crippen LogP contribution in [0.3, 0.4) is 0 Å². The SMILES string of the molecule is COc1ccc([C@H]2c3ccc4ccccc4c3Oc3ncn4nc(-c5ccc(Cl)cc5)nc4c32)cc1OC. The lowest BCUT2D eigenvalue weighted by Gasteiger charge is -2.29. The minimum absolute atomic E-state index is 0.239. The van der Waals surface area contributed by atoms with Crippen LogP contribution in [0.15, 0.2) is 85.2 Å². The van der Waals surface area contributed by atoms with Crippen molar-refractivity contribution >= 4 is 28.0 Å². The molecule has 1 aliphatic rings. The quantitative estimate of drug-likeness (QED) is 0.251. The van der Waals surface area contributed by atoms with E-state index in [0.29, 0.717) is 33.9 Å². The number of ether oxygens (including phenoxy) is 3. The molecule has 8 heteroatoms. The Labute approximate surface area is 223 Å². The summed E-state index contributed by atoms with van der Waals surface area (Å²) in [6.45, 7) is 0. The van der Waals surface area contributed by atoms with Crippen LogP contribution in [-0.2, 0) is 0 Å². The van der Waals surface area contributed by atoms with E-state index in [4.69, 9.17) is 35.9 Å². The summed E-state index contributed by atoms with van der Waals surface area (Å²) >= 11 is 6.10. The van der Waals surface area contributed by atoms with Crippen LogP contribution in [0, 0.1) is 0 Å². The van der Waals surface area contributed by atoms with E-state index in [0.717, 1.165) is 38.8 Å². The second-order valence-electron chi connectivity index (χ2n) is 9.03. The van der Waals surface area contributed by atoms with Crippen molar-refractivity contribution in [2.45, 2.75) is 5.92 Å². The molecule has 0 saturated carbocycles. The van der Waals surface area contributed by atoms with Gasteiger partial charge in [-0.05, 0) is 47.3 Å².